The summed E-state index contributed by atoms with van der Waals surface area (Å²) in [6, 6.07) is 9.69. The molecule has 0 radical (unpaired) electrons. The van der Waals surface area contributed by atoms with Crippen LogP contribution < -0.4 is 5.73 Å². The highest BCUT2D eigenvalue weighted by atomic mass is 79.9. The number of nitrogens with two attached hydrogens (primary N) is 1. The fourth-order valence-electron chi connectivity index (χ4n) is 2.62. The molecule has 1 aliphatic rings. The van der Waals surface area contributed by atoms with E-state index in [1.54, 1.807) is 0 Å². The highest BCUT2D eigenvalue weighted by Crippen LogP contribution is 2.27. The van der Waals surface area contributed by atoms with Crippen LogP contribution in [0.4, 0.5) is 0 Å². The highest BCUT2D eigenvalue weighted by Gasteiger charge is 2.23. The lowest BCUT2D eigenvalue weighted by Gasteiger charge is -2.36. The van der Waals surface area contributed by atoms with Crippen LogP contribution in [-0.4, -0.2) is 24.0 Å². The molecule has 0 spiro atoms. The van der Waals surface area contributed by atoms with Crippen LogP contribution in [0.15, 0.2) is 28.7 Å². The Balaban J connectivity index is 0.00000162. The van der Waals surface area contributed by atoms with Crippen LogP contribution in [0.5, 0.6) is 0 Å². The third kappa shape index (κ3) is 3.95. The van der Waals surface area contributed by atoms with Crippen LogP contribution >= 0.6 is 28.3 Å². The van der Waals surface area contributed by atoms with Gasteiger partial charge >= 0.3 is 0 Å². The normalized spacial score (nSPS) is 19.3. The number of piperidine rings is 1. The summed E-state index contributed by atoms with van der Waals surface area (Å²) in [6.07, 6.45) is 3.43. The van der Waals surface area contributed by atoms with Gasteiger partial charge in [0, 0.05) is 29.6 Å². The second kappa shape index (κ2) is 7.49. The maximum absolute atomic E-state index is 5.96. The molecule has 1 heterocycles. The first kappa shape index (κ1) is 16.0. The molecule has 1 aromatic carbocycles. The molecule has 1 saturated heterocycles. The predicted octanol–water partition coefficient (Wildman–Crippen LogP) is 3.75. The molecule has 1 unspecified atom stereocenters. The first-order chi connectivity index (χ1) is 8.20. The van der Waals surface area contributed by atoms with Crippen molar-refractivity contribution >= 4 is 28.3 Å². The van der Waals surface area contributed by atoms with Gasteiger partial charge in [0.1, 0.15) is 0 Å². The smallest absolute Gasteiger partial charge is 0.0345 e. The molecule has 1 atom stereocenters. The average molecular weight is 334 g/mol. The van der Waals surface area contributed by atoms with Crippen molar-refractivity contribution in [3.63, 3.8) is 0 Å². The molecule has 4 heteroatoms. The summed E-state index contributed by atoms with van der Waals surface area (Å²) in [6.45, 7) is 4.53. The van der Waals surface area contributed by atoms with E-state index in [9.17, 15) is 0 Å². The first-order valence-electron chi connectivity index (χ1n) is 6.45. The first-order valence-corrected chi connectivity index (χ1v) is 7.25. The van der Waals surface area contributed by atoms with E-state index >= 15 is 0 Å². The number of halogens is 2. The second-order valence-electron chi connectivity index (χ2n) is 4.85. The molecule has 0 amide bonds. The summed E-state index contributed by atoms with van der Waals surface area (Å²) >= 11 is 3.49. The summed E-state index contributed by atoms with van der Waals surface area (Å²) < 4.78 is 1.15. The standard InChI is InChI=1S/C14H21BrN2.ClH/c1-2-14(11-3-5-12(15)6-4-11)17-9-7-13(16)8-10-17;/h3-6,13-14H,2,7-10,16H2,1H3;1H. The Hall–Kier alpha value is -0.0900. The van der Waals surface area contributed by atoms with Crippen molar-refractivity contribution in [2.24, 2.45) is 5.73 Å². The van der Waals surface area contributed by atoms with E-state index in [0.717, 1.165) is 36.8 Å². The number of benzene rings is 1. The lowest BCUT2D eigenvalue weighted by atomic mass is 9.98. The summed E-state index contributed by atoms with van der Waals surface area (Å²) in [5.74, 6) is 0. The average Bonchev–Trinajstić information content (AvgIpc) is 2.35. The minimum Gasteiger partial charge on any atom is -0.328 e. The molecule has 1 aliphatic heterocycles. The molecule has 0 aromatic heterocycles. The van der Waals surface area contributed by atoms with Gasteiger partial charge < -0.3 is 5.73 Å². The van der Waals surface area contributed by atoms with Crippen molar-refractivity contribution in [3.05, 3.63) is 34.3 Å². The van der Waals surface area contributed by atoms with Crippen LogP contribution in [0, 0.1) is 0 Å². The molecule has 1 fully saturated rings. The molecule has 0 bridgehead atoms. The minimum atomic E-state index is 0. The van der Waals surface area contributed by atoms with Gasteiger partial charge in [-0.05, 0) is 37.0 Å². The van der Waals surface area contributed by atoms with E-state index in [1.807, 2.05) is 0 Å². The zero-order chi connectivity index (χ0) is 12.3. The van der Waals surface area contributed by atoms with E-state index in [4.69, 9.17) is 5.73 Å². The molecule has 0 aliphatic carbocycles. The zero-order valence-corrected chi connectivity index (χ0v) is 13.2. The van der Waals surface area contributed by atoms with Crippen LogP contribution in [0.1, 0.15) is 37.8 Å². The molecular formula is C14H22BrClN2. The summed E-state index contributed by atoms with van der Waals surface area (Å²) in [7, 11) is 0. The van der Waals surface area contributed by atoms with Gasteiger partial charge in [-0.25, -0.2) is 0 Å². The zero-order valence-electron chi connectivity index (χ0n) is 10.8. The van der Waals surface area contributed by atoms with Crippen molar-refractivity contribution < 1.29 is 0 Å². The Bertz CT molecular complexity index is 347. The van der Waals surface area contributed by atoms with Crippen LogP contribution in [0.3, 0.4) is 0 Å². The van der Waals surface area contributed by atoms with Gasteiger partial charge in [0.2, 0.25) is 0 Å². The fourth-order valence-corrected chi connectivity index (χ4v) is 2.89. The van der Waals surface area contributed by atoms with E-state index in [-0.39, 0.29) is 12.4 Å². The Kier molecular flexibility index (Phi) is 6.64. The molecule has 2 N–H and O–H groups in total. The minimum absolute atomic E-state index is 0. The third-order valence-electron chi connectivity index (χ3n) is 3.66. The Labute approximate surface area is 124 Å². The second-order valence-corrected chi connectivity index (χ2v) is 5.76. The Morgan fingerprint density at radius 3 is 2.33 bits per heavy atom. The lowest BCUT2D eigenvalue weighted by Crippen LogP contribution is -2.41. The van der Waals surface area contributed by atoms with Crippen molar-refractivity contribution in [3.8, 4) is 0 Å². The molecule has 102 valence electrons. The van der Waals surface area contributed by atoms with Crippen molar-refractivity contribution in [2.75, 3.05) is 13.1 Å². The predicted molar refractivity (Wildman–Crippen MR) is 83.2 cm³/mol. The largest absolute Gasteiger partial charge is 0.328 e. The molecule has 2 rings (SSSR count). The summed E-state index contributed by atoms with van der Waals surface area (Å²) in [5, 5.41) is 0. The summed E-state index contributed by atoms with van der Waals surface area (Å²) in [5.41, 5.74) is 7.39. The maximum atomic E-state index is 5.96. The van der Waals surface area contributed by atoms with Crippen molar-refractivity contribution in [1.82, 2.24) is 4.90 Å². The number of hydrogen-bond donors (Lipinski definition) is 1. The van der Waals surface area contributed by atoms with Gasteiger partial charge in [-0.2, -0.15) is 0 Å². The van der Waals surface area contributed by atoms with E-state index < -0.39 is 0 Å². The Morgan fingerprint density at radius 1 is 1.28 bits per heavy atom. The van der Waals surface area contributed by atoms with Gasteiger partial charge in [-0.3, -0.25) is 4.90 Å². The summed E-state index contributed by atoms with van der Waals surface area (Å²) in [4.78, 5) is 2.58. The van der Waals surface area contributed by atoms with Gasteiger partial charge in [-0.1, -0.05) is 35.0 Å². The van der Waals surface area contributed by atoms with Gasteiger partial charge in [0.25, 0.3) is 0 Å². The molecule has 18 heavy (non-hydrogen) atoms. The van der Waals surface area contributed by atoms with E-state index in [2.05, 4.69) is 52.0 Å². The SMILES string of the molecule is CCC(c1ccc(Br)cc1)N1CCC(N)CC1.Cl. The van der Waals surface area contributed by atoms with Crippen molar-refractivity contribution in [2.45, 2.75) is 38.3 Å². The number of likely N-dealkylation sites (tertiary alicyclic amines) is 1. The fraction of sp³-hybridized carbons (Fsp3) is 0.571. The lowest BCUT2D eigenvalue weighted by molar-refractivity contribution is 0.149. The van der Waals surface area contributed by atoms with Gasteiger partial charge in [0.15, 0.2) is 0 Å². The highest BCUT2D eigenvalue weighted by molar-refractivity contribution is 9.10. The molecule has 2 nitrogen and oxygen atoms in total. The van der Waals surface area contributed by atoms with Crippen molar-refractivity contribution in [1.29, 1.82) is 0 Å². The molecule has 0 saturated carbocycles. The third-order valence-corrected chi connectivity index (χ3v) is 4.19. The number of rotatable bonds is 3. The quantitative estimate of drug-likeness (QED) is 0.913. The number of nitrogens with zero attached hydrogens (tertiary/aromatic N) is 1. The molecule has 1 aromatic rings. The van der Waals surface area contributed by atoms with Gasteiger partial charge in [-0.15, -0.1) is 12.4 Å². The Morgan fingerprint density at radius 2 is 1.83 bits per heavy atom. The topological polar surface area (TPSA) is 29.3 Å². The van der Waals surface area contributed by atoms with E-state index in [0.29, 0.717) is 12.1 Å². The molecular weight excluding hydrogens is 312 g/mol. The van der Waals surface area contributed by atoms with E-state index in [1.165, 1.54) is 5.56 Å². The van der Waals surface area contributed by atoms with Gasteiger partial charge in [0.05, 0.1) is 0 Å². The monoisotopic (exact) mass is 332 g/mol. The van der Waals surface area contributed by atoms with Crippen LogP contribution in [0.2, 0.25) is 0 Å². The number of hydrogen-bond acceptors (Lipinski definition) is 2. The van der Waals surface area contributed by atoms with Crippen LogP contribution in [0.25, 0.3) is 0 Å². The maximum Gasteiger partial charge on any atom is 0.0345 e. The van der Waals surface area contributed by atoms with Crippen LogP contribution in [-0.2, 0) is 0 Å².